The van der Waals surface area contributed by atoms with Gasteiger partial charge in [0.1, 0.15) is 54.1 Å². The number of nitrogens with two attached hydrogens (primary N) is 4. The van der Waals surface area contributed by atoms with E-state index in [4.69, 9.17) is 22.9 Å². The summed E-state index contributed by atoms with van der Waals surface area (Å²) in [7, 11) is 0. The van der Waals surface area contributed by atoms with Crippen molar-refractivity contribution < 1.29 is 72.9 Å². The summed E-state index contributed by atoms with van der Waals surface area (Å²) in [5.74, 6) is -11.8. The SMILES string of the molecule is CC(C)C[C@H](NC(=O)[C@@H](NC(=O)[C@@H]1CCCN1C(=O)[C@H](CCC(=O)O)NC(=O)[C@H](CCC(N)=O)NC(=O)[C@@H](N)Cc1ccc(O)cc1)C(C)C)C(=O)NCC(=O)N1CCC[C@H]1C(=O)N[C@H](C(=O)N[C@@H](CCCN=C(N)N)C(=O)O)C(C)C. The van der Waals surface area contributed by atoms with Crippen LogP contribution in [-0.2, 0) is 64.0 Å². The molecule has 2 aliphatic rings. The fourth-order valence-corrected chi connectivity index (χ4v) is 9.39. The fraction of sp³-hybridized carbons (Fsp3) is 0.642. The van der Waals surface area contributed by atoms with Gasteiger partial charge in [0, 0.05) is 32.5 Å². The molecule has 18 N–H and O–H groups in total. The number of nitrogens with one attached hydrogen (secondary N) is 7. The van der Waals surface area contributed by atoms with Crippen LogP contribution in [0.3, 0.4) is 0 Å². The summed E-state index contributed by atoms with van der Waals surface area (Å²) in [6, 6.07) is -5.56. The minimum atomic E-state index is -1.55. The molecule has 456 valence electrons. The first-order valence-corrected chi connectivity index (χ1v) is 27.5. The van der Waals surface area contributed by atoms with E-state index in [1.54, 1.807) is 53.7 Å². The maximum Gasteiger partial charge on any atom is 0.326 e. The van der Waals surface area contributed by atoms with Crippen molar-refractivity contribution in [2.75, 3.05) is 26.2 Å². The molecule has 3 rings (SSSR count). The lowest BCUT2D eigenvalue weighted by atomic mass is 9.99. The number of aliphatic carboxylic acids is 2. The number of rotatable bonds is 33. The zero-order valence-electron chi connectivity index (χ0n) is 47.4. The molecule has 0 bridgehead atoms. The molecule has 2 aliphatic heterocycles. The number of carboxylic acid groups (broad SMARTS) is 2. The summed E-state index contributed by atoms with van der Waals surface area (Å²) in [5, 5.41) is 46.9. The molecule has 0 aliphatic carbocycles. The Kier molecular flexibility index (Phi) is 27.4. The van der Waals surface area contributed by atoms with Crippen LogP contribution in [0.4, 0.5) is 0 Å². The van der Waals surface area contributed by atoms with Crippen molar-refractivity contribution in [1.82, 2.24) is 47.0 Å². The number of benzene rings is 1. The van der Waals surface area contributed by atoms with E-state index in [2.05, 4.69) is 42.2 Å². The van der Waals surface area contributed by atoms with Gasteiger partial charge in [0.25, 0.3) is 0 Å². The number of phenolic OH excluding ortho intramolecular Hbond substituents is 1. The minimum absolute atomic E-state index is 0.00133. The van der Waals surface area contributed by atoms with Gasteiger partial charge in [-0.2, -0.15) is 0 Å². The first kappa shape index (κ1) is 68.2. The highest BCUT2D eigenvalue weighted by Gasteiger charge is 2.42. The van der Waals surface area contributed by atoms with E-state index in [9.17, 15) is 72.9 Å². The highest BCUT2D eigenvalue weighted by Crippen LogP contribution is 2.22. The minimum Gasteiger partial charge on any atom is -0.508 e. The molecule has 0 unspecified atom stereocenters. The first-order chi connectivity index (χ1) is 38.5. The van der Waals surface area contributed by atoms with E-state index < -0.39 is 157 Å². The third kappa shape index (κ3) is 22.1. The zero-order chi connectivity index (χ0) is 61.5. The summed E-state index contributed by atoms with van der Waals surface area (Å²) in [6.45, 7) is 9.84. The summed E-state index contributed by atoms with van der Waals surface area (Å²) in [6.07, 6.45) is -0.374. The van der Waals surface area contributed by atoms with Crippen LogP contribution in [0.2, 0.25) is 0 Å². The van der Waals surface area contributed by atoms with Crippen molar-refractivity contribution in [2.45, 2.75) is 173 Å². The third-order valence-electron chi connectivity index (χ3n) is 13.8. The van der Waals surface area contributed by atoms with E-state index in [1.807, 2.05) is 0 Å². The molecule has 0 spiro atoms. The Bertz CT molecular complexity index is 2470. The quantitative estimate of drug-likeness (QED) is 0.0188. The zero-order valence-corrected chi connectivity index (χ0v) is 47.4. The summed E-state index contributed by atoms with van der Waals surface area (Å²) in [5.41, 5.74) is 22.7. The Morgan fingerprint density at radius 2 is 1.13 bits per heavy atom. The molecule has 0 aromatic heterocycles. The lowest BCUT2D eigenvalue weighted by Crippen LogP contribution is -2.60. The van der Waals surface area contributed by atoms with Crippen LogP contribution in [0.25, 0.3) is 0 Å². The lowest BCUT2D eigenvalue weighted by molar-refractivity contribution is -0.144. The number of carboxylic acids is 2. The number of guanidine groups is 1. The second-order valence-electron chi connectivity index (χ2n) is 21.7. The maximum atomic E-state index is 14.3. The second kappa shape index (κ2) is 33.0. The molecule has 0 saturated carbocycles. The van der Waals surface area contributed by atoms with Gasteiger partial charge in [0.05, 0.1) is 12.6 Å². The first-order valence-electron chi connectivity index (χ1n) is 27.5. The molecule has 82 heavy (non-hydrogen) atoms. The van der Waals surface area contributed by atoms with E-state index in [1.165, 1.54) is 17.0 Å². The van der Waals surface area contributed by atoms with Crippen LogP contribution in [0.1, 0.15) is 118 Å². The number of carbonyl (C=O) groups excluding carboxylic acids is 10. The molecule has 0 radical (unpaired) electrons. The molecule has 29 nitrogen and oxygen atoms in total. The number of aromatic hydroxyl groups is 1. The van der Waals surface area contributed by atoms with E-state index in [-0.39, 0.29) is 88.6 Å². The largest absolute Gasteiger partial charge is 0.508 e. The molecule has 1 aromatic rings. The predicted octanol–water partition coefficient (Wildman–Crippen LogP) is -3.10. The Balaban J connectivity index is 1.71. The summed E-state index contributed by atoms with van der Waals surface area (Å²) < 4.78 is 0. The number of likely N-dealkylation sites (tertiary alicyclic amines) is 2. The van der Waals surface area contributed by atoms with Crippen molar-refractivity contribution in [1.29, 1.82) is 0 Å². The highest BCUT2D eigenvalue weighted by atomic mass is 16.4. The van der Waals surface area contributed by atoms with Crippen molar-refractivity contribution >= 4 is 77.0 Å². The number of nitrogens with zero attached hydrogens (tertiary/aromatic N) is 3. The van der Waals surface area contributed by atoms with E-state index in [0.29, 0.717) is 18.4 Å². The number of hydrogen-bond donors (Lipinski definition) is 14. The molecule has 9 atom stereocenters. The monoisotopic (exact) mass is 1160 g/mol. The van der Waals surface area contributed by atoms with Crippen LogP contribution < -0.4 is 60.2 Å². The maximum absolute atomic E-state index is 14.3. The average molecular weight is 1160 g/mol. The lowest BCUT2D eigenvalue weighted by Gasteiger charge is -2.31. The van der Waals surface area contributed by atoms with Crippen LogP contribution >= 0.6 is 0 Å². The van der Waals surface area contributed by atoms with Gasteiger partial charge in [-0.3, -0.25) is 57.7 Å². The van der Waals surface area contributed by atoms with Crippen LogP contribution in [-0.4, -0.2) is 183 Å². The Hall–Kier alpha value is -8.11. The smallest absolute Gasteiger partial charge is 0.326 e. The fourth-order valence-electron chi connectivity index (χ4n) is 9.39. The van der Waals surface area contributed by atoms with Gasteiger partial charge in [-0.25, -0.2) is 4.79 Å². The van der Waals surface area contributed by atoms with Gasteiger partial charge in [0.2, 0.25) is 59.1 Å². The number of aliphatic imine (C=N–C) groups is 1. The second-order valence-corrected chi connectivity index (χ2v) is 21.7. The number of primary amides is 1. The third-order valence-corrected chi connectivity index (χ3v) is 13.8. The van der Waals surface area contributed by atoms with Gasteiger partial charge in [-0.05, 0) is 99.7 Å². The molecule has 10 amide bonds. The number of phenols is 1. The van der Waals surface area contributed by atoms with Gasteiger partial charge in [0.15, 0.2) is 5.96 Å². The Morgan fingerprint density at radius 3 is 1.65 bits per heavy atom. The average Bonchev–Trinajstić information content (AvgIpc) is 4.24. The molecule has 29 heteroatoms. The van der Waals surface area contributed by atoms with Crippen LogP contribution in [0.15, 0.2) is 29.3 Å². The molecular weight excluding hydrogens is 1070 g/mol. The summed E-state index contributed by atoms with van der Waals surface area (Å²) >= 11 is 0. The molecule has 1 aromatic carbocycles. The van der Waals surface area contributed by atoms with Crippen LogP contribution in [0.5, 0.6) is 5.75 Å². The van der Waals surface area contributed by atoms with E-state index in [0.717, 1.165) is 4.90 Å². The molecule has 2 fully saturated rings. The molecule has 2 saturated heterocycles. The van der Waals surface area contributed by atoms with Gasteiger partial charge in [-0.1, -0.05) is 53.7 Å². The van der Waals surface area contributed by atoms with Crippen molar-refractivity contribution in [3.05, 3.63) is 29.8 Å². The topological polar surface area (TPSA) is 473 Å². The normalized spacial score (nSPS) is 17.5. The highest BCUT2D eigenvalue weighted by molar-refractivity contribution is 5.98. The van der Waals surface area contributed by atoms with Crippen molar-refractivity contribution in [3.8, 4) is 5.75 Å². The number of amides is 10. The van der Waals surface area contributed by atoms with Gasteiger partial charge >= 0.3 is 11.9 Å². The van der Waals surface area contributed by atoms with Gasteiger partial charge < -0.3 is 85.3 Å². The van der Waals surface area contributed by atoms with Crippen molar-refractivity contribution in [2.24, 2.45) is 45.7 Å². The number of hydrogen-bond acceptors (Lipinski definition) is 15. The van der Waals surface area contributed by atoms with Crippen LogP contribution in [0, 0.1) is 17.8 Å². The number of carbonyl (C=O) groups is 12. The standard InChI is InChI=1S/C53H84N14O15/c1-27(2)24-36(45(74)59-26-40(70)66-22-8-11-37(66)47(76)64-42(28(3)4)49(78)62-35(52(81)82)10-7-21-58-53(56)57)63-50(79)43(29(5)6)65-48(77)38-12-9-23-67(38)51(80)34(18-20-41(71)72)61-46(75)33(17-19-39(55)69)60-44(73)32(54)25-30-13-15-31(68)16-14-30/h13-16,27-29,32-38,42-43,68H,7-12,17-26,54H2,1-6H3,(H2,55,69)(H,59,74)(H,60,73)(H,61,75)(H,62,78)(H,63,79)(H,64,76)(H,65,77)(H,71,72)(H,81,82)(H4,56,57,58)/t32-,33-,34-,35-,36-,37-,38-,42-,43-/m0/s1. The van der Waals surface area contributed by atoms with Gasteiger partial charge in [-0.15, -0.1) is 0 Å². The van der Waals surface area contributed by atoms with E-state index >= 15 is 0 Å². The Labute approximate surface area is 476 Å². The molecule has 2 heterocycles. The van der Waals surface area contributed by atoms with Crippen molar-refractivity contribution in [3.63, 3.8) is 0 Å². The predicted molar refractivity (Wildman–Crippen MR) is 296 cm³/mol. The summed E-state index contributed by atoms with van der Waals surface area (Å²) in [4.78, 5) is 166. The molecular formula is C53H84N14O15. The Morgan fingerprint density at radius 1 is 0.622 bits per heavy atom.